The molecular formula is C24H25NO4. The third kappa shape index (κ3) is 2.30. The Morgan fingerprint density at radius 3 is 2.52 bits per heavy atom. The van der Waals surface area contributed by atoms with E-state index in [1.54, 1.807) is 0 Å². The van der Waals surface area contributed by atoms with Gasteiger partial charge in [-0.2, -0.15) is 0 Å². The Morgan fingerprint density at radius 1 is 0.931 bits per heavy atom. The van der Waals surface area contributed by atoms with Crippen molar-refractivity contribution in [2.45, 2.75) is 44.4 Å². The number of rotatable bonds is 2. The molecule has 1 unspecified atom stereocenters. The fourth-order valence-corrected chi connectivity index (χ4v) is 5.67. The Morgan fingerprint density at radius 2 is 1.69 bits per heavy atom. The highest BCUT2D eigenvalue weighted by Crippen LogP contribution is 2.55. The number of hydrogen-bond donors (Lipinski definition) is 0. The molecule has 0 radical (unpaired) electrons. The van der Waals surface area contributed by atoms with Crippen LogP contribution in [0.15, 0.2) is 36.4 Å². The summed E-state index contributed by atoms with van der Waals surface area (Å²) in [6.45, 7) is 3.64. The van der Waals surface area contributed by atoms with E-state index in [2.05, 4.69) is 19.1 Å². The molecule has 5 heteroatoms. The van der Waals surface area contributed by atoms with Crippen LogP contribution in [0.3, 0.4) is 0 Å². The molecule has 3 heterocycles. The second kappa shape index (κ2) is 5.91. The molecule has 1 saturated carbocycles. The highest BCUT2D eigenvalue weighted by molar-refractivity contribution is 6.11. The van der Waals surface area contributed by atoms with Gasteiger partial charge >= 0.3 is 0 Å². The van der Waals surface area contributed by atoms with Gasteiger partial charge in [0.05, 0.1) is 0 Å². The van der Waals surface area contributed by atoms with Crippen molar-refractivity contribution in [1.29, 1.82) is 0 Å². The minimum atomic E-state index is -0.794. The summed E-state index contributed by atoms with van der Waals surface area (Å²) in [5, 5.41) is 0. The van der Waals surface area contributed by atoms with Crippen molar-refractivity contribution in [3.63, 3.8) is 0 Å². The maximum atomic E-state index is 14.0. The molecule has 2 aromatic carbocycles. The summed E-state index contributed by atoms with van der Waals surface area (Å²) in [6.07, 6.45) is 6.16. The van der Waals surface area contributed by atoms with Crippen LogP contribution in [0.4, 0.5) is 5.69 Å². The normalized spacial score (nSPS) is 25.8. The average Bonchev–Trinajstić information content (AvgIpc) is 3.40. The second-order valence-electron chi connectivity index (χ2n) is 9.18. The Kier molecular flexibility index (Phi) is 3.50. The molecule has 0 bridgehead atoms. The number of nitrogens with zero attached hydrogens (tertiary/aromatic N) is 1. The minimum absolute atomic E-state index is 0.128. The molecule has 1 aliphatic carbocycles. The van der Waals surface area contributed by atoms with Gasteiger partial charge in [0.2, 0.25) is 12.7 Å². The summed E-state index contributed by atoms with van der Waals surface area (Å²) >= 11 is 0. The minimum Gasteiger partial charge on any atom is -0.491 e. The zero-order valence-corrected chi connectivity index (χ0v) is 16.7. The van der Waals surface area contributed by atoms with Crippen LogP contribution in [0.25, 0.3) is 0 Å². The average molecular weight is 391 g/mol. The third-order valence-corrected chi connectivity index (χ3v) is 7.24. The van der Waals surface area contributed by atoms with Crippen LogP contribution < -0.4 is 19.1 Å². The molecule has 4 aliphatic rings. The van der Waals surface area contributed by atoms with Crippen LogP contribution in [-0.2, 0) is 10.2 Å². The number of benzene rings is 2. The molecule has 29 heavy (non-hydrogen) atoms. The topological polar surface area (TPSA) is 48.0 Å². The summed E-state index contributed by atoms with van der Waals surface area (Å²) in [5.74, 6) is 2.23. The molecule has 1 amide bonds. The molecule has 6 rings (SSSR count). The number of hydrogen-bond acceptors (Lipinski definition) is 4. The number of para-hydroxylation sites is 1. The lowest BCUT2D eigenvalue weighted by molar-refractivity contribution is -0.122. The molecule has 1 spiro atoms. The Hall–Kier alpha value is -2.69. The summed E-state index contributed by atoms with van der Waals surface area (Å²) < 4.78 is 17.2. The van der Waals surface area contributed by atoms with E-state index < -0.39 is 5.41 Å². The van der Waals surface area contributed by atoms with Crippen molar-refractivity contribution < 1.29 is 19.0 Å². The first kappa shape index (κ1) is 17.2. The maximum Gasteiger partial charge on any atom is 0.245 e. The van der Waals surface area contributed by atoms with Gasteiger partial charge in [-0.15, -0.1) is 0 Å². The van der Waals surface area contributed by atoms with Crippen molar-refractivity contribution in [1.82, 2.24) is 0 Å². The van der Waals surface area contributed by atoms with Gasteiger partial charge in [-0.05, 0) is 36.0 Å². The largest absolute Gasteiger partial charge is 0.491 e. The number of fused-ring (bicyclic) bond motifs is 5. The summed E-state index contributed by atoms with van der Waals surface area (Å²) in [4.78, 5) is 16.1. The zero-order valence-electron chi connectivity index (χ0n) is 16.7. The van der Waals surface area contributed by atoms with Gasteiger partial charge in [0, 0.05) is 23.9 Å². The predicted octanol–water partition coefficient (Wildman–Crippen LogP) is 4.41. The van der Waals surface area contributed by atoms with Gasteiger partial charge in [-0.1, -0.05) is 44.4 Å². The van der Waals surface area contributed by atoms with E-state index in [0.29, 0.717) is 18.1 Å². The smallest absolute Gasteiger partial charge is 0.245 e. The standard InChI is InChI=1S/C24H25NO4/c1-23(9-5-2-6-10-23)13-25-18-8-4-3-7-16(18)24(22(25)26)14-27-19-12-21-20(11-17(19)24)28-15-29-21/h3-4,7-8,11-12H,2,5-6,9-10,13-15H2,1H3. The number of amides is 1. The molecule has 1 atom stereocenters. The SMILES string of the molecule is CC1(CN2C(=O)C3(COc4cc5c(cc43)OCO5)c3ccccc32)CCCCC1. The molecule has 0 N–H and O–H groups in total. The van der Waals surface area contributed by atoms with Gasteiger partial charge in [-0.3, -0.25) is 4.79 Å². The Bertz CT molecular complexity index is 1010. The van der Waals surface area contributed by atoms with Crippen molar-refractivity contribution in [2.24, 2.45) is 5.41 Å². The first-order chi connectivity index (χ1) is 14.1. The molecule has 2 aromatic rings. The van der Waals surface area contributed by atoms with E-state index in [-0.39, 0.29) is 18.1 Å². The van der Waals surface area contributed by atoms with Gasteiger partial charge < -0.3 is 19.1 Å². The Labute approximate surface area is 170 Å². The van der Waals surface area contributed by atoms with E-state index in [4.69, 9.17) is 14.2 Å². The highest BCUT2D eigenvalue weighted by Gasteiger charge is 2.58. The summed E-state index contributed by atoms with van der Waals surface area (Å²) in [5.41, 5.74) is 2.35. The monoisotopic (exact) mass is 391 g/mol. The van der Waals surface area contributed by atoms with Crippen LogP contribution in [0.5, 0.6) is 17.2 Å². The van der Waals surface area contributed by atoms with Gasteiger partial charge in [0.25, 0.3) is 0 Å². The lowest BCUT2D eigenvalue weighted by atomic mass is 9.75. The van der Waals surface area contributed by atoms with Crippen molar-refractivity contribution >= 4 is 11.6 Å². The van der Waals surface area contributed by atoms with Crippen LogP contribution in [0.2, 0.25) is 0 Å². The van der Waals surface area contributed by atoms with E-state index in [0.717, 1.165) is 29.1 Å². The molecule has 0 saturated heterocycles. The van der Waals surface area contributed by atoms with Crippen LogP contribution in [0, 0.1) is 5.41 Å². The van der Waals surface area contributed by atoms with Crippen LogP contribution in [0.1, 0.15) is 50.2 Å². The van der Waals surface area contributed by atoms with E-state index >= 15 is 0 Å². The Balaban J connectivity index is 1.47. The molecule has 5 nitrogen and oxygen atoms in total. The molecule has 150 valence electrons. The molecular weight excluding hydrogens is 366 g/mol. The fourth-order valence-electron chi connectivity index (χ4n) is 5.67. The number of carbonyl (C=O) groups excluding carboxylic acids is 1. The summed E-state index contributed by atoms with van der Waals surface area (Å²) in [6, 6.07) is 12.0. The first-order valence-corrected chi connectivity index (χ1v) is 10.6. The van der Waals surface area contributed by atoms with E-state index in [1.807, 2.05) is 29.2 Å². The van der Waals surface area contributed by atoms with Crippen LogP contribution in [-0.4, -0.2) is 25.9 Å². The highest BCUT2D eigenvalue weighted by atomic mass is 16.7. The van der Waals surface area contributed by atoms with E-state index in [1.165, 1.54) is 32.1 Å². The number of carbonyl (C=O) groups is 1. The van der Waals surface area contributed by atoms with Gasteiger partial charge in [0.1, 0.15) is 17.8 Å². The molecule has 1 fully saturated rings. The zero-order chi connectivity index (χ0) is 19.6. The lowest BCUT2D eigenvalue weighted by Crippen LogP contribution is -2.46. The number of anilines is 1. The van der Waals surface area contributed by atoms with Crippen LogP contribution >= 0.6 is 0 Å². The lowest BCUT2D eigenvalue weighted by Gasteiger charge is -2.37. The van der Waals surface area contributed by atoms with Gasteiger partial charge in [-0.25, -0.2) is 0 Å². The first-order valence-electron chi connectivity index (χ1n) is 10.6. The fraction of sp³-hybridized carbons (Fsp3) is 0.458. The maximum absolute atomic E-state index is 14.0. The second-order valence-corrected chi connectivity index (χ2v) is 9.18. The van der Waals surface area contributed by atoms with E-state index in [9.17, 15) is 4.79 Å². The van der Waals surface area contributed by atoms with Gasteiger partial charge in [0.15, 0.2) is 11.5 Å². The quantitative estimate of drug-likeness (QED) is 0.761. The van der Waals surface area contributed by atoms with Crippen molar-refractivity contribution in [2.75, 3.05) is 24.8 Å². The molecule has 0 aromatic heterocycles. The summed E-state index contributed by atoms with van der Waals surface area (Å²) in [7, 11) is 0. The number of ether oxygens (including phenoxy) is 3. The third-order valence-electron chi connectivity index (χ3n) is 7.24. The molecule has 3 aliphatic heterocycles. The van der Waals surface area contributed by atoms with Crippen molar-refractivity contribution in [3.05, 3.63) is 47.5 Å². The van der Waals surface area contributed by atoms with Crippen molar-refractivity contribution in [3.8, 4) is 17.2 Å². The predicted molar refractivity (Wildman–Crippen MR) is 109 cm³/mol.